The Morgan fingerprint density at radius 2 is 1.85 bits per heavy atom. The third-order valence-corrected chi connectivity index (χ3v) is 4.64. The van der Waals surface area contributed by atoms with Crippen LogP contribution in [0.4, 0.5) is 0 Å². The van der Waals surface area contributed by atoms with Crippen LogP contribution in [0.25, 0.3) is 0 Å². The maximum Gasteiger partial charge on any atom is 0.253 e. The van der Waals surface area contributed by atoms with Crippen molar-refractivity contribution in [2.75, 3.05) is 33.2 Å². The first-order valence-corrected chi connectivity index (χ1v) is 8.86. The molecule has 5 nitrogen and oxygen atoms in total. The van der Waals surface area contributed by atoms with Gasteiger partial charge in [-0.25, -0.2) is 0 Å². The molecule has 26 heavy (non-hydrogen) atoms. The van der Waals surface area contributed by atoms with Gasteiger partial charge >= 0.3 is 0 Å². The van der Waals surface area contributed by atoms with E-state index in [9.17, 15) is 4.79 Å². The molecule has 1 saturated heterocycles. The zero-order valence-corrected chi connectivity index (χ0v) is 15.0. The molecule has 1 heterocycles. The Labute approximate surface area is 154 Å². The fourth-order valence-corrected chi connectivity index (χ4v) is 3.04. The van der Waals surface area contributed by atoms with Crippen LogP contribution in [-0.4, -0.2) is 48.9 Å². The van der Waals surface area contributed by atoms with Crippen LogP contribution in [0.15, 0.2) is 48.5 Å². The van der Waals surface area contributed by atoms with Crippen LogP contribution in [0.3, 0.4) is 0 Å². The average Bonchev–Trinajstić information content (AvgIpc) is 2.91. The third kappa shape index (κ3) is 4.41. The van der Waals surface area contributed by atoms with Gasteiger partial charge in [-0.1, -0.05) is 18.2 Å². The molecule has 2 aromatic carbocycles. The molecule has 3 rings (SSSR count). The highest BCUT2D eigenvalue weighted by atomic mass is 16.5. The molecule has 0 bridgehead atoms. The molecule has 0 spiro atoms. The minimum atomic E-state index is 0.0710. The van der Waals surface area contributed by atoms with Crippen molar-refractivity contribution < 1.29 is 9.53 Å². The second kappa shape index (κ2) is 8.50. The highest BCUT2D eigenvalue weighted by Crippen LogP contribution is 2.17. The summed E-state index contributed by atoms with van der Waals surface area (Å²) in [4.78, 5) is 16.8. The molecule has 1 aliphatic rings. The van der Waals surface area contributed by atoms with Crippen molar-refractivity contribution in [3.63, 3.8) is 0 Å². The molecule has 0 unspecified atom stereocenters. The van der Waals surface area contributed by atoms with Gasteiger partial charge in [0.25, 0.3) is 5.91 Å². The number of nitriles is 1. The van der Waals surface area contributed by atoms with E-state index in [2.05, 4.69) is 18.0 Å². The number of likely N-dealkylation sites (N-methyl/N-ethyl adjacent to an activating group) is 1. The van der Waals surface area contributed by atoms with E-state index < -0.39 is 0 Å². The lowest BCUT2D eigenvalue weighted by molar-refractivity contribution is 0.0763. The Bertz CT molecular complexity index is 796. The maximum atomic E-state index is 12.7. The summed E-state index contributed by atoms with van der Waals surface area (Å²) in [7, 11) is 2.09. The monoisotopic (exact) mass is 349 g/mol. The molecular weight excluding hydrogens is 326 g/mol. The van der Waals surface area contributed by atoms with E-state index in [0.717, 1.165) is 38.2 Å². The predicted molar refractivity (Wildman–Crippen MR) is 99.9 cm³/mol. The summed E-state index contributed by atoms with van der Waals surface area (Å²) in [5, 5.41) is 9.12. The van der Waals surface area contributed by atoms with Gasteiger partial charge in [-0.15, -0.1) is 0 Å². The first kappa shape index (κ1) is 18.0. The minimum Gasteiger partial charge on any atom is -0.489 e. The van der Waals surface area contributed by atoms with Crippen molar-refractivity contribution >= 4 is 5.91 Å². The Kier molecular flexibility index (Phi) is 5.88. The van der Waals surface area contributed by atoms with Gasteiger partial charge in [-0.2, -0.15) is 5.26 Å². The van der Waals surface area contributed by atoms with E-state index >= 15 is 0 Å². The van der Waals surface area contributed by atoms with Crippen molar-refractivity contribution in [3.05, 3.63) is 65.2 Å². The third-order valence-electron chi connectivity index (χ3n) is 4.64. The van der Waals surface area contributed by atoms with Crippen LogP contribution < -0.4 is 4.74 Å². The molecule has 0 saturated carbocycles. The quantitative estimate of drug-likeness (QED) is 0.852. The van der Waals surface area contributed by atoms with Gasteiger partial charge in [-0.3, -0.25) is 4.79 Å². The number of carbonyl (C=O) groups is 1. The average molecular weight is 349 g/mol. The Hall–Kier alpha value is -2.84. The number of hydrogen-bond acceptors (Lipinski definition) is 4. The lowest BCUT2D eigenvalue weighted by Crippen LogP contribution is -2.34. The molecule has 1 aliphatic heterocycles. The van der Waals surface area contributed by atoms with Crippen molar-refractivity contribution in [2.24, 2.45) is 0 Å². The number of ether oxygens (including phenoxy) is 1. The van der Waals surface area contributed by atoms with Gasteiger partial charge in [0.2, 0.25) is 0 Å². The fraction of sp³-hybridized carbons (Fsp3) is 0.333. The van der Waals surface area contributed by atoms with E-state index in [4.69, 9.17) is 10.00 Å². The first-order chi connectivity index (χ1) is 12.7. The number of nitrogens with zero attached hydrogens (tertiary/aromatic N) is 3. The number of hydrogen-bond donors (Lipinski definition) is 0. The van der Waals surface area contributed by atoms with Gasteiger partial charge in [0.15, 0.2) is 0 Å². The maximum absolute atomic E-state index is 12.7. The van der Waals surface area contributed by atoms with Gasteiger partial charge in [0, 0.05) is 30.8 Å². The zero-order valence-electron chi connectivity index (χ0n) is 15.0. The Balaban J connectivity index is 1.61. The SMILES string of the molecule is CN1CCCN(C(=O)c2ccc(OCc3ccccc3C#N)cc2)CC1. The summed E-state index contributed by atoms with van der Waals surface area (Å²) >= 11 is 0. The molecule has 1 amide bonds. The Morgan fingerprint density at radius 3 is 2.62 bits per heavy atom. The van der Waals surface area contributed by atoms with Crippen molar-refractivity contribution in [3.8, 4) is 11.8 Å². The predicted octanol–water partition coefficient (Wildman–Crippen LogP) is 2.91. The standard InChI is InChI=1S/C21H23N3O2/c1-23-11-4-12-24(14-13-23)21(25)17-7-9-20(10-8-17)26-16-19-6-3-2-5-18(19)15-22/h2-3,5-10H,4,11-14,16H2,1H3. The zero-order chi connectivity index (χ0) is 18.4. The van der Waals surface area contributed by atoms with Crippen LogP contribution in [0, 0.1) is 11.3 Å². The summed E-state index contributed by atoms with van der Waals surface area (Å²) in [6, 6.07) is 16.8. The molecule has 0 atom stereocenters. The molecule has 134 valence electrons. The van der Waals surface area contributed by atoms with Gasteiger partial charge in [0.05, 0.1) is 11.6 Å². The molecule has 0 aliphatic carbocycles. The van der Waals surface area contributed by atoms with E-state index in [1.807, 2.05) is 47.4 Å². The molecule has 5 heteroatoms. The highest BCUT2D eigenvalue weighted by Gasteiger charge is 2.18. The second-order valence-electron chi connectivity index (χ2n) is 6.53. The first-order valence-electron chi connectivity index (χ1n) is 8.86. The highest BCUT2D eigenvalue weighted by molar-refractivity contribution is 5.94. The smallest absolute Gasteiger partial charge is 0.253 e. The van der Waals surface area contributed by atoms with Gasteiger partial charge < -0.3 is 14.5 Å². The molecule has 0 aromatic heterocycles. The number of rotatable bonds is 4. The normalized spacial score (nSPS) is 15.2. The van der Waals surface area contributed by atoms with E-state index in [-0.39, 0.29) is 5.91 Å². The minimum absolute atomic E-state index is 0.0710. The van der Waals surface area contributed by atoms with E-state index in [1.54, 1.807) is 6.07 Å². The van der Waals surface area contributed by atoms with E-state index in [0.29, 0.717) is 23.5 Å². The van der Waals surface area contributed by atoms with Crippen LogP contribution in [0.5, 0.6) is 5.75 Å². The van der Waals surface area contributed by atoms with Crippen LogP contribution in [0.2, 0.25) is 0 Å². The largest absolute Gasteiger partial charge is 0.489 e. The van der Waals surface area contributed by atoms with Crippen LogP contribution in [-0.2, 0) is 6.61 Å². The van der Waals surface area contributed by atoms with Crippen molar-refractivity contribution in [1.29, 1.82) is 5.26 Å². The lowest BCUT2D eigenvalue weighted by Gasteiger charge is -2.20. The van der Waals surface area contributed by atoms with Gasteiger partial charge in [-0.05, 0) is 50.3 Å². The summed E-state index contributed by atoms with van der Waals surface area (Å²) in [6.45, 7) is 3.83. The molecular formula is C21H23N3O2. The second-order valence-corrected chi connectivity index (χ2v) is 6.53. The topological polar surface area (TPSA) is 56.6 Å². The van der Waals surface area contributed by atoms with Gasteiger partial charge in [0.1, 0.15) is 12.4 Å². The summed E-state index contributed by atoms with van der Waals surface area (Å²) in [6.07, 6.45) is 1.00. The van der Waals surface area contributed by atoms with E-state index in [1.165, 1.54) is 0 Å². The van der Waals surface area contributed by atoms with Crippen molar-refractivity contribution in [1.82, 2.24) is 9.80 Å². The van der Waals surface area contributed by atoms with Crippen LogP contribution in [0.1, 0.15) is 27.9 Å². The molecule has 2 aromatic rings. The number of carbonyl (C=O) groups excluding carboxylic acids is 1. The number of benzene rings is 2. The molecule has 0 N–H and O–H groups in total. The summed E-state index contributed by atoms with van der Waals surface area (Å²) in [5.41, 5.74) is 2.15. The molecule has 1 fully saturated rings. The summed E-state index contributed by atoms with van der Waals surface area (Å²) < 4.78 is 5.77. The van der Waals surface area contributed by atoms with Crippen molar-refractivity contribution in [2.45, 2.75) is 13.0 Å². The Morgan fingerprint density at radius 1 is 1.08 bits per heavy atom. The number of amides is 1. The van der Waals surface area contributed by atoms with Crippen LogP contribution >= 0.6 is 0 Å². The summed E-state index contributed by atoms with van der Waals surface area (Å²) in [5.74, 6) is 0.756. The fourth-order valence-electron chi connectivity index (χ4n) is 3.04. The lowest BCUT2D eigenvalue weighted by atomic mass is 10.1. The molecule has 0 radical (unpaired) electrons.